The van der Waals surface area contributed by atoms with Crippen LogP contribution in [0.25, 0.3) is 10.8 Å². The van der Waals surface area contributed by atoms with Gasteiger partial charge in [0, 0.05) is 56.7 Å². The number of guanidine groups is 1. The summed E-state index contributed by atoms with van der Waals surface area (Å²) in [4.78, 5) is 223. The molecule has 1 aliphatic heterocycles. The van der Waals surface area contributed by atoms with E-state index in [0.29, 0.717) is 34.9 Å². The van der Waals surface area contributed by atoms with Gasteiger partial charge in [0.15, 0.2) is 5.96 Å². The predicted molar refractivity (Wildman–Crippen MR) is 454 cm³/mol. The Morgan fingerprint density at radius 1 is 0.479 bits per heavy atom. The van der Waals surface area contributed by atoms with Crippen molar-refractivity contribution in [2.24, 2.45) is 34.8 Å². The maximum absolute atomic E-state index is 15.1. The number of carbonyl (C=O) groups is 16. The third kappa shape index (κ3) is 34.5. The molecule has 1 heterocycles. The number of primary amides is 1. The zero-order valence-electron chi connectivity index (χ0n) is 68.5. The molecule has 5 rings (SSSR count). The average molecular weight is 1730 g/mol. The Labute approximate surface area is 712 Å². The van der Waals surface area contributed by atoms with Gasteiger partial charge < -0.3 is 112 Å². The SMILES string of the molecule is CC(C)C[C@H](NC(=O)[C@H](Cc1cccc2ccccc12)NC(=O)[C@H](CCC(N)=O)NC(=O)[C@H](CC(C)C)NC(=O)[C@@H]1CCCN1C(=O)CNC(=O)[C@H](C)NC(=O)[C@H](CCCNC(=N)N)NC(=O)[C@@H](N)CS)C(=O)N[C@@H](CS)C(=O)N[C@@H](CCC(=O)O)C(=O)N[C@@H](CCCCN)C(=O)N[C@@H](Cc1ccc(O)cc1)C(=O)N[C@@H](Cc1ccccc1)C(=O)O. The predicted octanol–water partition coefficient (Wildman–Crippen LogP) is -2.08. The minimum atomic E-state index is -1.73. The highest BCUT2D eigenvalue weighted by Gasteiger charge is 2.40. The van der Waals surface area contributed by atoms with E-state index in [-0.39, 0.29) is 113 Å². The van der Waals surface area contributed by atoms with Gasteiger partial charge in [-0.2, -0.15) is 25.3 Å². The molecule has 4 aromatic carbocycles. The van der Waals surface area contributed by atoms with E-state index in [9.17, 15) is 87.2 Å². The number of carboxylic acid groups (broad SMARTS) is 2. The Hall–Kier alpha value is -11.7. The Bertz CT molecular complexity index is 4240. The van der Waals surface area contributed by atoms with Crippen molar-refractivity contribution in [2.75, 3.05) is 37.7 Å². The number of nitrogens with two attached hydrogens (primary N) is 4. The quantitative estimate of drug-likeness (QED) is 0.00976. The molecule has 0 aliphatic carbocycles. The molecule has 13 atom stereocenters. The maximum atomic E-state index is 15.1. The van der Waals surface area contributed by atoms with E-state index in [4.69, 9.17) is 28.3 Å². The Kier molecular flexibility index (Phi) is 42.2. The number of thiol groups is 2. The van der Waals surface area contributed by atoms with Gasteiger partial charge in [0.2, 0.25) is 82.7 Å². The molecule has 0 spiro atoms. The summed E-state index contributed by atoms with van der Waals surface area (Å²) in [5.74, 6) is -16.8. The number of phenolic OH excluding ortho intramolecular Hbond substituents is 1. The first-order valence-corrected chi connectivity index (χ1v) is 41.4. The average Bonchev–Trinajstić information content (AvgIpc) is 0.870. The van der Waals surface area contributed by atoms with Gasteiger partial charge >= 0.3 is 11.9 Å². The smallest absolute Gasteiger partial charge is 0.326 e. The lowest BCUT2D eigenvalue weighted by molar-refractivity contribution is -0.142. The zero-order chi connectivity index (χ0) is 89.6. The molecule has 0 radical (unpaired) electrons. The summed E-state index contributed by atoms with van der Waals surface area (Å²) in [6.45, 7) is 8.06. The maximum Gasteiger partial charge on any atom is 0.326 e. The standard InChI is InChI=1S/C81H117N19O19S2/c1-44(2)36-58(75(113)99-63(43-121)78(116)93-57(30-32-67(104)105)72(110)91-54(22-11-12-33-82)71(109)95-60(38-48-25-27-51(101)28-26-48)76(114)98-62(80(118)119)39-47-16-7-6-8-17-47)94-77(115)61(40-50-20-13-19-49-18-9-10-21-52(49)50)96-73(111)56(29-31-65(84)102)92-74(112)59(37-45(3)4)97-79(117)64-24-15-35-100(64)66(103)41-88-68(106)46(5)89-70(108)55(23-14-34-87-81(85)86)90-69(107)53(83)42-120/h6-10,13,16-21,25-28,44-46,53-64,101,120-121H,11-12,14-15,22-24,29-43,82-83H2,1-5H3,(H2,84,102)(H,88,106)(H,89,108)(H,90,107)(H,91,110)(H,92,112)(H,93,116)(H,94,115)(H,95,109)(H,96,111)(H,97,117)(H,98,114)(H,99,113)(H,104,105)(H,118,119)(H4,85,86,87)/t46-,53-,54-,55-,56-,57-,58-,59-,60-,61-,62-,63-,64-/m0/s1. The molecule has 0 aromatic heterocycles. The van der Waals surface area contributed by atoms with Gasteiger partial charge in [-0.25, -0.2) is 4.79 Å². The van der Waals surface area contributed by atoms with Crippen molar-refractivity contribution >= 4 is 137 Å². The van der Waals surface area contributed by atoms with Gasteiger partial charge in [0.25, 0.3) is 0 Å². The molecule has 0 bridgehead atoms. The summed E-state index contributed by atoms with van der Waals surface area (Å²) < 4.78 is 0. The van der Waals surface area contributed by atoms with Crippen LogP contribution in [0.1, 0.15) is 135 Å². The van der Waals surface area contributed by atoms with Crippen molar-refractivity contribution < 1.29 is 92.0 Å². The Morgan fingerprint density at radius 3 is 1.50 bits per heavy atom. The summed E-state index contributed by atoms with van der Waals surface area (Å²) in [5, 5.41) is 72.4. The Balaban J connectivity index is 1.36. The van der Waals surface area contributed by atoms with E-state index in [2.05, 4.69) is 94.4 Å². The molecule has 1 aliphatic rings. The topological polar surface area (TPSA) is 621 Å². The van der Waals surface area contributed by atoms with Crippen LogP contribution in [-0.4, -0.2) is 237 Å². The van der Waals surface area contributed by atoms with E-state index in [1.165, 1.54) is 36.1 Å². The molecule has 0 saturated carbocycles. The summed E-state index contributed by atoms with van der Waals surface area (Å²) in [6.07, 6.45) is -1.78. The van der Waals surface area contributed by atoms with Crippen molar-refractivity contribution in [3.8, 4) is 5.75 Å². The summed E-state index contributed by atoms with van der Waals surface area (Å²) in [6, 6.07) is 7.81. The lowest BCUT2D eigenvalue weighted by atomic mass is 9.97. The van der Waals surface area contributed by atoms with E-state index >= 15 is 4.79 Å². The molecule has 38 nitrogen and oxygen atoms in total. The summed E-state index contributed by atoms with van der Waals surface area (Å²) in [5.41, 5.74) is 24.1. The van der Waals surface area contributed by atoms with Crippen LogP contribution in [0.5, 0.6) is 5.75 Å². The van der Waals surface area contributed by atoms with Crippen LogP contribution >= 0.6 is 25.3 Å². The highest BCUT2D eigenvalue weighted by atomic mass is 32.1. The number of benzene rings is 4. The third-order valence-electron chi connectivity index (χ3n) is 19.7. The van der Waals surface area contributed by atoms with Gasteiger partial charge in [0.05, 0.1) is 12.6 Å². The van der Waals surface area contributed by atoms with Gasteiger partial charge in [-0.15, -0.1) is 0 Å². The van der Waals surface area contributed by atoms with Crippen molar-refractivity contribution in [1.29, 1.82) is 5.41 Å². The fourth-order valence-electron chi connectivity index (χ4n) is 13.2. The second kappa shape index (κ2) is 51.1. The van der Waals surface area contributed by atoms with Crippen LogP contribution < -0.4 is 92.1 Å². The largest absolute Gasteiger partial charge is 0.508 e. The highest BCUT2D eigenvalue weighted by molar-refractivity contribution is 7.80. The number of carboxylic acids is 2. The second-order valence-electron chi connectivity index (χ2n) is 30.5. The van der Waals surface area contributed by atoms with Crippen molar-refractivity contribution in [1.82, 2.24) is 74.0 Å². The van der Waals surface area contributed by atoms with E-state index in [1.807, 2.05) is 12.1 Å². The molecule has 1 fully saturated rings. The molecule has 40 heteroatoms. The number of unbranched alkanes of at least 4 members (excludes halogenated alkanes) is 1. The number of nitrogens with one attached hydrogen (secondary N) is 14. The van der Waals surface area contributed by atoms with Crippen LogP contribution in [0.15, 0.2) is 97.1 Å². The molecule has 25 N–H and O–H groups in total. The van der Waals surface area contributed by atoms with Crippen LogP contribution in [0.4, 0.5) is 0 Å². The first-order valence-electron chi connectivity index (χ1n) is 40.1. The van der Waals surface area contributed by atoms with Gasteiger partial charge in [-0.05, 0) is 136 Å². The van der Waals surface area contributed by atoms with Crippen LogP contribution in [0.2, 0.25) is 0 Å². The fourth-order valence-corrected chi connectivity index (χ4v) is 13.6. The molecule has 121 heavy (non-hydrogen) atoms. The highest BCUT2D eigenvalue weighted by Crippen LogP contribution is 2.23. The lowest BCUT2D eigenvalue weighted by Gasteiger charge is -2.29. The second-order valence-corrected chi connectivity index (χ2v) is 31.2. The van der Waals surface area contributed by atoms with Crippen LogP contribution in [0, 0.1) is 17.2 Å². The number of carbonyl (C=O) groups excluding carboxylic acids is 14. The number of hydrogen-bond acceptors (Lipinski definition) is 22. The number of likely N-dealkylation sites (tertiary alicyclic amines) is 1. The number of fused-ring (bicyclic) bond motifs is 1. The van der Waals surface area contributed by atoms with Crippen molar-refractivity contribution in [2.45, 2.75) is 216 Å². The first-order chi connectivity index (χ1) is 57.4. The van der Waals surface area contributed by atoms with Crippen LogP contribution in [0.3, 0.4) is 0 Å². The van der Waals surface area contributed by atoms with Crippen molar-refractivity contribution in [3.63, 3.8) is 0 Å². The third-order valence-corrected chi connectivity index (χ3v) is 20.5. The minimum absolute atomic E-state index is 0.0327. The lowest BCUT2D eigenvalue weighted by Crippen LogP contribution is -2.61. The summed E-state index contributed by atoms with van der Waals surface area (Å²) >= 11 is 8.38. The molecular weight excluding hydrogens is 1610 g/mol. The number of phenols is 1. The molecule has 4 aromatic rings. The number of aromatic hydroxyl groups is 1. The Morgan fingerprint density at radius 2 is 0.942 bits per heavy atom. The fraction of sp³-hybridized carbons (Fsp3) is 0.519. The number of rotatable bonds is 52. The zero-order valence-corrected chi connectivity index (χ0v) is 70.3. The number of amides is 14. The minimum Gasteiger partial charge on any atom is -0.508 e. The normalized spacial score (nSPS) is 15.4. The van der Waals surface area contributed by atoms with Gasteiger partial charge in [-0.1, -0.05) is 113 Å². The molecule has 662 valence electrons. The first kappa shape index (κ1) is 99.9. The summed E-state index contributed by atoms with van der Waals surface area (Å²) in [7, 11) is 0. The van der Waals surface area contributed by atoms with Crippen LogP contribution in [-0.2, 0) is 96.0 Å². The number of aliphatic carboxylic acids is 2. The molecular formula is C81H117N19O19S2. The van der Waals surface area contributed by atoms with E-state index in [0.717, 1.165) is 5.39 Å². The van der Waals surface area contributed by atoms with E-state index in [1.54, 1.807) is 88.4 Å². The van der Waals surface area contributed by atoms with Gasteiger partial charge in [0.1, 0.15) is 78.3 Å². The molecule has 0 unspecified atom stereocenters. The molecule has 14 amide bonds. The van der Waals surface area contributed by atoms with E-state index < -0.39 is 211 Å². The van der Waals surface area contributed by atoms with Crippen molar-refractivity contribution in [3.05, 3.63) is 114 Å². The number of hydrogen-bond donors (Lipinski definition) is 23. The number of nitrogens with zero attached hydrogens (tertiary/aromatic N) is 1. The monoisotopic (exact) mass is 1720 g/mol. The molecule has 1 saturated heterocycles. The van der Waals surface area contributed by atoms with Gasteiger partial charge in [-0.3, -0.25) is 77.3 Å².